The zero-order chi connectivity index (χ0) is 15.7. The largest absolute Gasteiger partial charge is 0.426 e. The summed E-state index contributed by atoms with van der Waals surface area (Å²) in [5.41, 5.74) is 7.03. The van der Waals surface area contributed by atoms with Crippen LogP contribution in [-0.4, -0.2) is 9.97 Å². The van der Waals surface area contributed by atoms with E-state index >= 15 is 0 Å². The third-order valence-electron chi connectivity index (χ3n) is 3.28. The lowest BCUT2D eigenvalue weighted by molar-refractivity contribution is 0.433. The fraction of sp³-hybridized carbons (Fsp3) is 0.200. The standard InChI is InChI=1S/C15H13ClFN3OS/c1-2-10(18)8-3-4-9(16)14(13(8)17)21-15-20-11-5-6-19-7-12(11)22-15/h3-7,10H,2,18H2,1H3/t10-/m1/s1. The van der Waals surface area contributed by atoms with Gasteiger partial charge in [-0.15, -0.1) is 0 Å². The van der Waals surface area contributed by atoms with Crippen molar-refractivity contribution in [3.8, 4) is 10.9 Å². The first kappa shape index (κ1) is 15.1. The number of nitrogens with two attached hydrogens (primary N) is 1. The highest BCUT2D eigenvalue weighted by molar-refractivity contribution is 7.20. The van der Waals surface area contributed by atoms with Gasteiger partial charge < -0.3 is 10.5 Å². The molecule has 3 aromatic rings. The monoisotopic (exact) mass is 337 g/mol. The van der Waals surface area contributed by atoms with E-state index < -0.39 is 11.9 Å². The van der Waals surface area contributed by atoms with Crippen molar-refractivity contribution < 1.29 is 9.13 Å². The van der Waals surface area contributed by atoms with Crippen LogP contribution in [0.3, 0.4) is 0 Å². The highest BCUT2D eigenvalue weighted by atomic mass is 35.5. The highest BCUT2D eigenvalue weighted by Gasteiger charge is 2.19. The van der Waals surface area contributed by atoms with Gasteiger partial charge >= 0.3 is 0 Å². The number of halogens is 2. The first-order valence-electron chi connectivity index (χ1n) is 6.72. The number of aromatic nitrogens is 2. The summed E-state index contributed by atoms with van der Waals surface area (Å²) >= 11 is 7.33. The molecule has 0 saturated heterocycles. The predicted molar refractivity (Wildman–Crippen MR) is 86.1 cm³/mol. The van der Waals surface area contributed by atoms with Crippen LogP contribution in [0, 0.1) is 5.82 Å². The summed E-state index contributed by atoms with van der Waals surface area (Å²) in [6.45, 7) is 1.89. The van der Waals surface area contributed by atoms with Crippen molar-refractivity contribution in [1.82, 2.24) is 9.97 Å². The summed E-state index contributed by atoms with van der Waals surface area (Å²) in [5.74, 6) is -0.589. The molecule has 0 unspecified atom stereocenters. The maximum Gasteiger partial charge on any atom is 0.280 e. The minimum Gasteiger partial charge on any atom is -0.426 e. The van der Waals surface area contributed by atoms with Gasteiger partial charge in [-0.1, -0.05) is 35.9 Å². The van der Waals surface area contributed by atoms with Crippen molar-refractivity contribution in [2.75, 3.05) is 0 Å². The molecule has 0 aliphatic rings. The van der Waals surface area contributed by atoms with Crippen LogP contribution in [0.1, 0.15) is 24.9 Å². The Kier molecular flexibility index (Phi) is 4.24. The molecule has 0 saturated carbocycles. The van der Waals surface area contributed by atoms with Gasteiger partial charge in [-0.2, -0.15) is 0 Å². The summed E-state index contributed by atoms with van der Waals surface area (Å²) < 4.78 is 21.0. The molecule has 114 valence electrons. The van der Waals surface area contributed by atoms with Crippen LogP contribution >= 0.6 is 22.9 Å². The second kappa shape index (κ2) is 6.16. The molecule has 4 nitrogen and oxygen atoms in total. The number of nitrogens with zero attached hydrogens (tertiary/aromatic N) is 2. The molecule has 0 fully saturated rings. The van der Waals surface area contributed by atoms with Gasteiger partial charge in [-0.3, -0.25) is 4.98 Å². The van der Waals surface area contributed by atoms with Gasteiger partial charge in [-0.05, 0) is 18.6 Å². The molecule has 22 heavy (non-hydrogen) atoms. The summed E-state index contributed by atoms with van der Waals surface area (Å²) in [6.07, 6.45) is 3.94. The minimum absolute atomic E-state index is 0.0462. The number of fused-ring (bicyclic) bond motifs is 1. The number of ether oxygens (including phenoxy) is 1. The van der Waals surface area contributed by atoms with Crippen molar-refractivity contribution in [3.63, 3.8) is 0 Å². The van der Waals surface area contributed by atoms with Crippen molar-refractivity contribution in [2.24, 2.45) is 5.73 Å². The van der Waals surface area contributed by atoms with Crippen LogP contribution < -0.4 is 10.5 Å². The van der Waals surface area contributed by atoms with E-state index in [2.05, 4.69) is 9.97 Å². The second-order valence-electron chi connectivity index (χ2n) is 4.72. The van der Waals surface area contributed by atoms with Crippen molar-refractivity contribution in [3.05, 3.63) is 47.0 Å². The summed E-state index contributed by atoms with van der Waals surface area (Å²) in [5, 5.41) is 0.493. The Hall–Kier alpha value is -1.76. The highest BCUT2D eigenvalue weighted by Crippen LogP contribution is 2.38. The van der Waals surface area contributed by atoms with E-state index in [1.54, 1.807) is 30.6 Å². The van der Waals surface area contributed by atoms with Crippen molar-refractivity contribution >= 4 is 33.2 Å². The van der Waals surface area contributed by atoms with E-state index in [0.717, 1.165) is 10.2 Å². The molecule has 2 aromatic heterocycles. The zero-order valence-corrected chi connectivity index (χ0v) is 13.3. The third kappa shape index (κ3) is 2.77. The van der Waals surface area contributed by atoms with Crippen LogP contribution in [0.25, 0.3) is 10.2 Å². The molecule has 1 aromatic carbocycles. The SMILES string of the molecule is CC[C@@H](N)c1ccc(Cl)c(Oc2nc3ccncc3s2)c1F. The molecular weight excluding hydrogens is 325 g/mol. The van der Waals surface area contributed by atoms with Gasteiger partial charge in [0.05, 0.1) is 15.2 Å². The molecule has 0 amide bonds. The second-order valence-corrected chi connectivity index (χ2v) is 6.12. The predicted octanol–water partition coefficient (Wildman–Crippen LogP) is 4.69. The van der Waals surface area contributed by atoms with Crippen LogP contribution in [0.2, 0.25) is 5.02 Å². The zero-order valence-electron chi connectivity index (χ0n) is 11.7. The van der Waals surface area contributed by atoms with E-state index in [0.29, 0.717) is 17.2 Å². The Balaban J connectivity index is 2.00. The van der Waals surface area contributed by atoms with Crippen LogP contribution in [0.5, 0.6) is 10.9 Å². The first-order chi connectivity index (χ1) is 10.6. The van der Waals surface area contributed by atoms with E-state index in [-0.39, 0.29) is 10.8 Å². The minimum atomic E-state index is -0.542. The van der Waals surface area contributed by atoms with Crippen molar-refractivity contribution in [2.45, 2.75) is 19.4 Å². The number of hydrogen-bond donors (Lipinski definition) is 1. The smallest absolute Gasteiger partial charge is 0.280 e. The number of benzene rings is 1. The van der Waals surface area contributed by atoms with Gasteiger partial charge in [0, 0.05) is 24.0 Å². The lowest BCUT2D eigenvalue weighted by Gasteiger charge is -2.14. The number of rotatable bonds is 4. The number of thiazole rings is 1. The van der Waals surface area contributed by atoms with Gasteiger partial charge in [0.15, 0.2) is 11.6 Å². The van der Waals surface area contributed by atoms with E-state index in [1.165, 1.54) is 11.3 Å². The average molecular weight is 338 g/mol. The normalized spacial score (nSPS) is 12.5. The first-order valence-corrected chi connectivity index (χ1v) is 7.91. The lowest BCUT2D eigenvalue weighted by Crippen LogP contribution is -2.11. The Bertz CT molecular complexity index is 791. The Morgan fingerprint density at radius 1 is 1.41 bits per heavy atom. The molecule has 0 spiro atoms. The molecule has 0 aliphatic carbocycles. The molecule has 7 heteroatoms. The summed E-state index contributed by atoms with van der Waals surface area (Å²) in [7, 11) is 0. The van der Waals surface area contributed by atoms with Gasteiger partial charge in [-0.25, -0.2) is 9.37 Å². The fourth-order valence-electron chi connectivity index (χ4n) is 2.04. The molecule has 1 atom stereocenters. The average Bonchev–Trinajstić information content (AvgIpc) is 2.93. The Morgan fingerprint density at radius 2 is 2.23 bits per heavy atom. The van der Waals surface area contributed by atoms with Gasteiger partial charge in [0.25, 0.3) is 5.19 Å². The van der Waals surface area contributed by atoms with E-state index in [4.69, 9.17) is 22.1 Å². The number of pyridine rings is 1. The lowest BCUT2D eigenvalue weighted by atomic mass is 10.0. The van der Waals surface area contributed by atoms with Crippen molar-refractivity contribution in [1.29, 1.82) is 0 Å². The molecule has 3 rings (SSSR count). The molecule has 2 N–H and O–H groups in total. The fourth-order valence-corrected chi connectivity index (χ4v) is 3.01. The topological polar surface area (TPSA) is 61.0 Å². The maximum absolute atomic E-state index is 14.6. The summed E-state index contributed by atoms with van der Waals surface area (Å²) in [6, 6.07) is 4.53. The van der Waals surface area contributed by atoms with Gasteiger partial charge in [0.1, 0.15) is 0 Å². The maximum atomic E-state index is 14.6. The molecule has 0 bridgehead atoms. The molecular formula is C15H13ClFN3OS. The Morgan fingerprint density at radius 3 is 2.95 bits per heavy atom. The Labute approximate surface area is 135 Å². The van der Waals surface area contributed by atoms with Crippen LogP contribution in [0.4, 0.5) is 4.39 Å². The van der Waals surface area contributed by atoms with Gasteiger partial charge in [0.2, 0.25) is 0 Å². The number of hydrogen-bond acceptors (Lipinski definition) is 5. The molecule has 0 aliphatic heterocycles. The molecule has 2 heterocycles. The van der Waals surface area contributed by atoms with E-state index in [1.807, 2.05) is 6.92 Å². The van der Waals surface area contributed by atoms with Crippen LogP contribution in [-0.2, 0) is 0 Å². The summed E-state index contributed by atoms with van der Waals surface area (Å²) in [4.78, 5) is 8.30. The third-order valence-corrected chi connectivity index (χ3v) is 4.46. The molecule has 0 radical (unpaired) electrons. The quantitative estimate of drug-likeness (QED) is 0.750. The van der Waals surface area contributed by atoms with E-state index in [9.17, 15) is 4.39 Å². The van der Waals surface area contributed by atoms with Crippen LogP contribution in [0.15, 0.2) is 30.6 Å².